The molecule has 5 heterocycles. The summed E-state index contributed by atoms with van der Waals surface area (Å²) < 4.78 is 31.6. The fourth-order valence-corrected chi connectivity index (χ4v) is 5.15. The number of para-hydroxylation sites is 1. The van der Waals surface area contributed by atoms with E-state index < -0.39 is 10.1 Å². The van der Waals surface area contributed by atoms with E-state index in [0.717, 1.165) is 45.8 Å². The molecule has 0 aliphatic carbocycles. The lowest BCUT2D eigenvalue weighted by Gasteiger charge is -2.26. The highest BCUT2D eigenvalue weighted by molar-refractivity contribution is 7.85. The number of aromatic nitrogens is 4. The van der Waals surface area contributed by atoms with Crippen LogP contribution in [-0.2, 0) is 23.1 Å². The molecule has 1 atom stereocenters. The van der Waals surface area contributed by atoms with Gasteiger partial charge in [0.05, 0.1) is 36.8 Å². The third-order valence-corrected chi connectivity index (χ3v) is 6.84. The number of H-pyrrole nitrogens is 1. The van der Waals surface area contributed by atoms with Crippen LogP contribution < -0.4 is 15.1 Å². The summed E-state index contributed by atoms with van der Waals surface area (Å²) >= 11 is 0. The van der Waals surface area contributed by atoms with E-state index in [1.165, 1.54) is 5.56 Å². The maximum atomic E-state index is 13.5. The zero-order chi connectivity index (χ0) is 27.9. The molecule has 0 amide bonds. The van der Waals surface area contributed by atoms with Gasteiger partial charge in [-0.15, -0.1) is 0 Å². The summed E-state index contributed by atoms with van der Waals surface area (Å²) in [6.45, 7) is 1.13. The third-order valence-electron chi connectivity index (χ3n) is 6.84. The molecule has 0 bridgehead atoms. The molecule has 7 rings (SSSR count). The van der Waals surface area contributed by atoms with E-state index in [1.807, 2.05) is 48.5 Å². The number of hydrogen-bond acceptors (Lipinski definition) is 8. The lowest BCUT2D eigenvalue weighted by molar-refractivity contribution is 0.357. The molecule has 0 saturated heterocycles. The molecular formula is C29H25N5O5S. The molecule has 2 N–H and O–H groups in total. The highest BCUT2D eigenvalue weighted by Gasteiger charge is 2.36. The highest BCUT2D eigenvalue weighted by Crippen LogP contribution is 2.41. The van der Waals surface area contributed by atoms with Crippen molar-refractivity contribution in [1.29, 1.82) is 0 Å². The average molecular weight is 556 g/mol. The van der Waals surface area contributed by atoms with E-state index in [1.54, 1.807) is 18.6 Å². The van der Waals surface area contributed by atoms with Gasteiger partial charge < -0.3 is 14.6 Å². The topological polar surface area (TPSA) is 138 Å². The molecule has 0 fully saturated rings. The van der Waals surface area contributed by atoms with Crippen LogP contribution in [-0.4, -0.2) is 45.8 Å². The van der Waals surface area contributed by atoms with Crippen molar-refractivity contribution in [2.24, 2.45) is 0 Å². The number of nitrogens with zero attached hydrogens (tertiary/aromatic N) is 4. The molecule has 0 spiro atoms. The summed E-state index contributed by atoms with van der Waals surface area (Å²) in [5.41, 5.74) is 6.46. The van der Waals surface area contributed by atoms with E-state index in [9.17, 15) is 13.2 Å². The van der Waals surface area contributed by atoms with E-state index in [-0.39, 0.29) is 11.5 Å². The van der Waals surface area contributed by atoms with Gasteiger partial charge in [0.1, 0.15) is 5.75 Å². The second-order valence-electron chi connectivity index (χ2n) is 9.61. The molecule has 10 nitrogen and oxygen atoms in total. The van der Waals surface area contributed by atoms with Crippen LogP contribution in [0.4, 0.5) is 5.95 Å². The average Bonchev–Trinajstić information content (AvgIpc) is 3.57. The first-order valence-corrected chi connectivity index (χ1v) is 14.4. The number of hydrogen-bond donors (Lipinski definition) is 2. The van der Waals surface area contributed by atoms with Crippen LogP contribution in [0.2, 0.25) is 0 Å². The Balaban J connectivity index is 0.000000534. The predicted molar refractivity (Wildman–Crippen MR) is 151 cm³/mol. The van der Waals surface area contributed by atoms with Crippen LogP contribution in [0.25, 0.3) is 22.2 Å². The number of ether oxygens (including phenoxy) is 1. The van der Waals surface area contributed by atoms with Gasteiger partial charge in [0.15, 0.2) is 5.43 Å². The number of benzene rings is 2. The van der Waals surface area contributed by atoms with Crippen molar-refractivity contribution in [3.63, 3.8) is 0 Å². The number of rotatable bonds is 3. The molecule has 2 aliphatic rings. The summed E-state index contributed by atoms with van der Waals surface area (Å²) in [4.78, 5) is 32.9. The van der Waals surface area contributed by atoms with E-state index in [0.29, 0.717) is 30.7 Å². The SMILES string of the molecule is CS(=O)(=O)O.O=c1c2c([nH]c3ccccc13)[C@@H](c1ccc3c(c1)CCO3)N(c1ncc(-c3ccccn3)cn1)C2. The monoisotopic (exact) mass is 555 g/mol. The van der Waals surface area contributed by atoms with Crippen LogP contribution in [0.1, 0.15) is 28.4 Å². The maximum absolute atomic E-state index is 13.5. The largest absolute Gasteiger partial charge is 0.493 e. The van der Waals surface area contributed by atoms with Crippen LogP contribution in [0.3, 0.4) is 0 Å². The Labute approximate surface area is 230 Å². The second kappa shape index (κ2) is 10.2. The smallest absolute Gasteiger partial charge is 0.261 e. The van der Waals surface area contributed by atoms with Gasteiger partial charge in [0.2, 0.25) is 5.95 Å². The molecule has 0 saturated carbocycles. The first-order chi connectivity index (χ1) is 19.3. The standard InChI is InChI=1S/C28H21N5O2.CH4O3S/c34-27-20-5-1-2-7-23(20)32-25-21(27)16-33(26(25)18-8-9-24-17(13-18)10-12-35-24)28-30-14-19(15-31-28)22-6-3-4-11-29-22;1-5(2,3)4/h1-9,11,13-15,26H,10,12,16H2,(H,32,34);1H3,(H,2,3,4)/t26-;/m1./s1. The Morgan fingerprint density at radius 3 is 2.52 bits per heavy atom. The van der Waals surface area contributed by atoms with Crippen molar-refractivity contribution in [2.75, 3.05) is 17.8 Å². The van der Waals surface area contributed by atoms with Crippen molar-refractivity contribution < 1.29 is 17.7 Å². The van der Waals surface area contributed by atoms with E-state index in [4.69, 9.17) is 19.3 Å². The maximum Gasteiger partial charge on any atom is 0.261 e. The predicted octanol–water partition coefficient (Wildman–Crippen LogP) is 3.93. The lowest BCUT2D eigenvalue weighted by Crippen LogP contribution is -2.25. The summed E-state index contributed by atoms with van der Waals surface area (Å²) in [7, 11) is -3.67. The van der Waals surface area contributed by atoms with Crippen molar-refractivity contribution >= 4 is 27.0 Å². The Morgan fingerprint density at radius 2 is 1.77 bits per heavy atom. The number of aromatic amines is 1. The first kappa shape index (κ1) is 25.7. The van der Waals surface area contributed by atoms with Crippen LogP contribution in [0.5, 0.6) is 5.75 Å². The van der Waals surface area contributed by atoms with Gasteiger partial charge in [-0.1, -0.05) is 24.3 Å². The number of pyridine rings is 2. The van der Waals surface area contributed by atoms with E-state index >= 15 is 0 Å². The Kier molecular flexibility index (Phi) is 6.53. The van der Waals surface area contributed by atoms with Crippen molar-refractivity contribution in [3.8, 4) is 17.0 Å². The minimum atomic E-state index is -3.67. The molecule has 11 heteroatoms. The zero-order valence-corrected chi connectivity index (χ0v) is 22.3. The van der Waals surface area contributed by atoms with Gasteiger partial charge in [-0.05, 0) is 47.5 Å². The van der Waals surface area contributed by atoms with Gasteiger partial charge in [-0.3, -0.25) is 14.3 Å². The summed E-state index contributed by atoms with van der Waals surface area (Å²) in [5, 5.41) is 0.695. The molecule has 2 aromatic carbocycles. The lowest BCUT2D eigenvalue weighted by atomic mass is 9.98. The molecule has 202 valence electrons. The second-order valence-corrected chi connectivity index (χ2v) is 11.1. The Hall–Kier alpha value is -4.61. The molecule has 2 aliphatic heterocycles. The van der Waals surface area contributed by atoms with E-state index in [2.05, 4.69) is 27.0 Å². The van der Waals surface area contributed by atoms with Crippen LogP contribution in [0.15, 0.2) is 84.0 Å². The van der Waals surface area contributed by atoms with Crippen molar-refractivity contribution in [2.45, 2.75) is 19.0 Å². The highest BCUT2D eigenvalue weighted by atomic mass is 32.2. The van der Waals surface area contributed by atoms with Crippen LogP contribution >= 0.6 is 0 Å². The fraction of sp³-hybridized carbons (Fsp3) is 0.172. The Bertz CT molecular complexity index is 1870. The summed E-state index contributed by atoms with van der Waals surface area (Å²) in [6.07, 6.45) is 6.93. The molecule has 40 heavy (non-hydrogen) atoms. The van der Waals surface area contributed by atoms with Gasteiger partial charge in [0, 0.05) is 47.0 Å². The number of nitrogens with one attached hydrogen (secondary N) is 1. The molecule has 3 aromatic heterocycles. The minimum absolute atomic E-state index is 0.0523. The van der Waals surface area contributed by atoms with Gasteiger partial charge in [0.25, 0.3) is 10.1 Å². The van der Waals surface area contributed by atoms with Gasteiger partial charge in [-0.2, -0.15) is 8.42 Å². The molecule has 5 aromatic rings. The Morgan fingerprint density at radius 1 is 1.02 bits per heavy atom. The van der Waals surface area contributed by atoms with Crippen molar-refractivity contribution in [1.82, 2.24) is 19.9 Å². The molecule has 0 unspecified atom stereocenters. The normalized spacial score (nSPS) is 15.7. The summed E-state index contributed by atoms with van der Waals surface area (Å²) in [6, 6.07) is 19.5. The number of anilines is 1. The number of fused-ring (bicyclic) bond motifs is 3. The molecule has 0 radical (unpaired) electrons. The summed E-state index contributed by atoms with van der Waals surface area (Å²) in [5.74, 6) is 1.50. The van der Waals surface area contributed by atoms with Gasteiger partial charge in [-0.25, -0.2) is 9.97 Å². The third kappa shape index (κ3) is 5.04. The first-order valence-electron chi connectivity index (χ1n) is 12.6. The molecular weight excluding hydrogens is 530 g/mol. The van der Waals surface area contributed by atoms with Crippen LogP contribution in [0, 0.1) is 0 Å². The van der Waals surface area contributed by atoms with Crippen molar-refractivity contribution in [3.05, 3.63) is 112 Å². The fourth-order valence-electron chi connectivity index (χ4n) is 5.15. The zero-order valence-electron chi connectivity index (χ0n) is 21.5. The minimum Gasteiger partial charge on any atom is -0.493 e. The quantitative estimate of drug-likeness (QED) is 0.317. The van der Waals surface area contributed by atoms with Gasteiger partial charge >= 0.3 is 0 Å².